The van der Waals surface area contributed by atoms with Crippen LogP contribution in [-0.4, -0.2) is 11.4 Å². The van der Waals surface area contributed by atoms with Crippen LogP contribution in [-0.2, 0) is 16.2 Å². The SMILES string of the molecule is CC(C)(C)c1ccc(N2B3c4cc(C(C)(C)C)ccc4-n4c5ccc6oc7ccccc7c6c5c5ccc(c3c54)-c3cc4c(cc32)sc2cc(C(C)(C)C)ccc24)cc1. The zero-order valence-electron chi connectivity index (χ0n) is 35.3. The Morgan fingerprint density at radius 3 is 1.95 bits per heavy atom. The van der Waals surface area contributed by atoms with Crippen molar-refractivity contribution in [1.82, 2.24) is 4.57 Å². The zero-order valence-corrected chi connectivity index (χ0v) is 36.2. The Hall–Kier alpha value is -5.78. The molecule has 3 aromatic heterocycles. The topological polar surface area (TPSA) is 21.3 Å². The van der Waals surface area contributed by atoms with Crippen LogP contribution in [0.5, 0.6) is 0 Å². The summed E-state index contributed by atoms with van der Waals surface area (Å²) >= 11 is 1.93. The average molecular weight is 783 g/mol. The van der Waals surface area contributed by atoms with Gasteiger partial charge in [-0.1, -0.05) is 129 Å². The first kappa shape index (κ1) is 35.2. The van der Waals surface area contributed by atoms with Crippen molar-refractivity contribution >= 4 is 104 Å². The minimum Gasteiger partial charge on any atom is -0.456 e. The van der Waals surface area contributed by atoms with E-state index in [-0.39, 0.29) is 23.1 Å². The highest BCUT2D eigenvalue weighted by Gasteiger charge is 2.45. The third-order valence-corrected chi connectivity index (χ3v) is 14.6. The molecule has 10 aromatic rings. The fraction of sp³-hybridized carbons (Fsp3) is 0.222. The summed E-state index contributed by atoms with van der Waals surface area (Å²) in [5, 5.41) is 7.56. The number of thiophene rings is 1. The number of furan rings is 1. The molecule has 0 N–H and O–H groups in total. The molecular formula is C54H47BN2OS. The molecule has 7 aromatic carbocycles. The van der Waals surface area contributed by atoms with E-state index in [1.165, 1.54) is 103 Å². The summed E-state index contributed by atoms with van der Waals surface area (Å²) in [6, 6.07) is 46.7. The van der Waals surface area contributed by atoms with Crippen LogP contribution in [0.15, 0.2) is 126 Å². The molecule has 0 amide bonds. The second-order valence-electron chi connectivity index (χ2n) is 20.2. The molecule has 0 saturated carbocycles. The van der Waals surface area contributed by atoms with Crippen molar-refractivity contribution in [3.63, 3.8) is 0 Å². The maximum atomic E-state index is 6.53. The number of benzene rings is 7. The highest BCUT2D eigenvalue weighted by molar-refractivity contribution is 7.25. The monoisotopic (exact) mass is 782 g/mol. The second-order valence-corrected chi connectivity index (χ2v) is 21.3. The van der Waals surface area contributed by atoms with Crippen molar-refractivity contribution in [3.05, 3.63) is 138 Å². The van der Waals surface area contributed by atoms with Crippen LogP contribution in [0, 0.1) is 0 Å². The van der Waals surface area contributed by atoms with E-state index in [1.807, 2.05) is 11.3 Å². The second kappa shape index (κ2) is 11.5. The van der Waals surface area contributed by atoms with Crippen LogP contribution in [0.2, 0.25) is 0 Å². The molecular weight excluding hydrogens is 735 g/mol. The van der Waals surface area contributed by atoms with Crippen molar-refractivity contribution in [3.8, 4) is 16.8 Å². The molecule has 0 radical (unpaired) electrons. The molecule has 0 saturated heterocycles. The average Bonchev–Trinajstić information content (AvgIpc) is 3.87. The van der Waals surface area contributed by atoms with E-state index in [0.717, 1.165) is 16.6 Å². The quantitative estimate of drug-likeness (QED) is 0.155. The summed E-state index contributed by atoms with van der Waals surface area (Å²) < 4.78 is 11.8. The van der Waals surface area contributed by atoms with E-state index in [0.29, 0.717) is 0 Å². The van der Waals surface area contributed by atoms with Gasteiger partial charge in [0.15, 0.2) is 0 Å². The number of nitrogens with zero attached hydrogens (tertiary/aromatic N) is 2. The lowest BCUT2D eigenvalue weighted by Gasteiger charge is -2.42. The third kappa shape index (κ3) is 4.83. The van der Waals surface area contributed by atoms with E-state index < -0.39 is 0 Å². The Kier molecular flexibility index (Phi) is 6.85. The first-order valence-electron chi connectivity index (χ1n) is 21.1. The van der Waals surface area contributed by atoms with Crippen LogP contribution < -0.4 is 15.7 Å². The van der Waals surface area contributed by atoms with Crippen molar-refractivity contribution in [2.45, 2.75) is 78.6 Å². The fourth-order valence-corrected chi connectivity index (χ4v) is 11.5. The van der Waals surface area contributed by atoms with Crippen LogP contribution >= 0.6 is 11.3 Å². The number of anilines is 2. The van der Waals surface area contributed by atoms with Gasteiger partial charge < -0.3 is 13.8 Å². The number of hydrogen-bond donors (Lipinski definition) is 0. The first-order valence-corrected chi connectivity index (χ1v) is 21.9. The van der Waals surface area contributed by atoms with E-state index in [4.69, 9.17) is 4.42 Å². The summed E-state index contributed by atoms with van der Waals surface area (Å²) in [6.45, 7) is 20.8. The number of aromatic nitrogens is 1. The van der Waals surface area contributed by atoms with Gasteiger partial charge in [-0.2, -0.15) is 0 Å². The summed E-state index contributed by atoms with van der Waals surface area (Å²) in [7, 11) is 0. The Morgan fingerprint density at radius 2 is 1.19 bits per heavy atom. The highest BCUT2D eigenvalue weighted by Crippen LogP contribution is 2.50. The van der Waals surface area contributed by atoms with Gasteiger partial charge in [0, 0.05) is 64.3 Å². The Bertz CT molecular complexity index is 3450. The van der Waals surface area contributed by atoms with Gasteiger partial charge in [-0.3, -0.25) is 0 Å². The van der Waals surface area contributed by atoms with Crippen molar-refractivity contribution in [1.29, 1.82) is 0 Å². The first-order chi connectivity index (χ1) is 28.1. The smallest absolute Gasteiger partial charge is 0.333 e. The van der Waals surface area contributed by atoms with Gasteiger partial charge in [0.1, 0.15) is 11.2 Å². The Labute approximate surface area is 350 Å². The largest absolute Gasteiger partial charge is 0.456 e. The number of rotatable bonds is 1. The standard InChI is InChI=1S/C54H47BN2OS/c1-52(2,3)30-14-18-33(19-15-30)57-43-29-47-39(34-20-16-32(54(7,8)9)27-46(34)59-47)28-38(43)35-21-22-37-48-42(24-25-45-49(48)36-12-10-11-13-44(36)58-45)56-41-23-17-31(53(4,5)6)26-40(41)55(57)50(35)51(37)56/h10-29H,1-9H3. The van der Waals surface area contributed by atoms with Crippen LogP contribution in [0.3, 0.4) is 0 Å². The van der Waals surface area contributed by atoms with Crippen molar-refractivity contribution in [2.75, 3.05) is 4.81 Å². The Morgan fingerprint density at radius 1 is 0.508 bits per heavy atom. The third-order valence-electron chi connectivity index (χ3n) is 13.4. The summed E-state index contributed by atoms with van der Waals surface area (Å²) in [6.07, 6.45) is 0. The zero-order chi connectivity index (χ0) is 40.5. The molecule has 5 heterocycles. The van der Waals surface area contributed by atoms with Gasteiger partial charge in [0.25, 0.3) is 0 Å². The lowest BCUT2D eigenvalue weighted by molar-refractivity contribution is 0.590. The molecule has 0 bridgehead atoms. The molecule has 59 heavy (non-hydrogen) atoms. The molecule has 0 spiro atoms. The molecule has 3 nitrogen and oxygen atoms in total. The molecule has 0 fully saturated rings. The molecule has 5 heteroatoms. The lowest BCUT2D eigenvalue weighted by atomic mass is 9.43. The minimum absolute atomic E-state index is 0.0221. The van der Waals surface area contributed by atoms with E-state index >= 15 is 0 Å². The van der Waals surface area contributed by atoms with Gasteiger partial charge in [0.05, 0.1) is 11.0 Å². The van der Waals surface area contributed by atoms with Crippen LogP contribution in [0.1, 0.15) is 79.0 Å². The molecule has 2 aliphatic heterocycles. The van der Waals surface area contributed by atoms with Gasteiger partial charge in [0.2, 0.25) is 0 Å². The lowest BCUT2D eigenvalue weighted by Crippen LogP contribution is -2.60. The molecule has 0 aliphatic carbocycles. The van der Waals surface area contributed by atoms with Gasteiger partial charge in [-0.05, 0) is 104 Å². The van der Waals surface area contributed by atoms with Crippen molar-refractivity contribution < 1.29 is 4.42 Å². The molecule has 2 aliphatic rings. The number of fused-ring (bicyclic) bond motifs is 15. The molecule has 12 rings (SSSR count). The maximum absolute atomic E-state index is 6.53. The van der Waals surface area contributed by atoms with E-state index in [9.17, 15) is 0 Å². The predicted molar refractivity (Wildman–Crippen MR) is 256 cm³/mol. The number of hydrogen-bond acceptors (Lipinski definition) is 3. The summed E-state index contributed by atoms with van der Waals surface area (Å²) in [5.74, 6) is 0. The van der Waals surface area contributed by atoms with Gasteiger partial charge in [-0.15, -0.1) is 11.3 Å². The number of para-hydroxylation sites is 1. The molecule has 0 unspecified atom stereocenters. The predicted octanol–water partition coefficient (Wildman–Crippen LogP) is 14.2. The van der Waals surface area contributed by atoms with E-state index in [2.05, 4.69) is 193 Å². The Balaban J connectivity index is 1.25. The van der Waals surface area contributed by atoms with Crippen LogP contribution in [0.25, 0.3) is 80.7 Å². The fourth-order valence-electron chi connectivity index (χ4n) is 10.3. The van der Waals surface area contributed by atoms with Gasteiger partial charge >= 0.3 is 6.85 Å². The highest BCUT2D eigenvalue weighted by atomic mass is 32.1. The maximum Gasteiger partial charge on any atom is 0.333 e. The summed E-state index contributed by atoms with van der Waals surface area (Å²) in [5.41, 5.74) is 17.6. The van der Waals surface area contributed by atoms with Gasteiger partial charge in [-0.25, -0.2) is 0 Å². The van der Waals surface area contributed by atoms with E-state index in [1.54, 1.807) is 0 Å². The van der Waals surface area contributed by atoms with Crippen molar-refractivity contribution in [2.24, 2.45) is 0 Å². The molecule has 0 atom stereocenters. The minimum atomic E-state index is -0.0493. The normalized spacial score (nSPS) is 14.1. The van der Waals surface area contributed by atoms with Crippen LogP contribution in [0.4, 0.5) is 11.4 Å². The molecule has 288 valence electrons. The summed E-state index contributed by atoms with van der Waals surface area (Å²) in [4.78, 5) is 2.68.